The summed E-state index contributed by atoms with van der Waals surface area (Å²) in [6.07, 6.45) is 2.14. The monoisotopic (exact) mass is 322 g/mol. The minimum atomic E-state index is 0.00668. The van der Waals surface area contributed by atoms with Crippen LogP contribution < -0.4 is 10.6 Å². The van der Waals surface area contributed by atoms with Crippen molar-refractivity contribution >= 4 is 38.9 Å². The fraction of sp³-hybridized carbons (Fsp3) is 0.438. The highest BCUT2D eigenvalue weighted by Gasteiger charge is 2.23. The topological polar surface area (TPSA) is 41.1 Å². The average molecular weight is 323 g/mol. The van der Waals surface area contributed by atoms with Gasteiger partial charge in [-0.2, -0.15) is 0 Å². The van der Waals surface area contributed by atoms with Crippen LogP contribution in [0.25, 0.3) is 10.1 Å². The Morgan fingerprint density at radius 3 is 3.00 bits per heavy atom. The molecule has 2 N–H and O–H groups in total. The lowest BCUT2D eigenvalue weighted by Gasteiger charge is -2.30. The van der Waals surface area contributed by atoms with E-state index >= 15 is 0 Å². The second-order valence-corrected chi connectivity index (χ2v) is 7.14. The zero-order valence-electron chi connectivity index (χ0n) is 12.2. The van der Waals surface area contributed by atoms with E-state index in [1.807, 2.05) is 25.1 Å². The van der Waals surface area contributed by atoms with Gasteiger partial charge in [0.25, 0.3) is 5.91 Å². The molecule has 1 aromatic heterocycles. The highest BCUT2D eigenvalue weighted by atomic mass is 35.5. The number of rotatable bonds is 2. The Morgan fingerprint density at radius 1 is 1.48 bits per heavy atom. The molecular weight excluding hydrogens is 304 g/mol. The van der Waals surface area contributed by atoms with Gasteiger partial charge in [0.1, 0.15) is 0 Å². The van der Waals surface area contributed by atoms with Crippen LogP contribution in [0.4, 0.5) is 0 Å². The van der Waals surface area contributed by atoms with Crippen LogP contribution in [0, 0.1) is 6.92 Å². The summed E-state index contributed by atoms with van der Waals surface area (Å²) >= 11 is 7.75. The molecule has 0 saturated carbocycles. The predicted octanol–water partition coefficient (Wildman–Crippen LogP) is 3.73. The summed E-state index contributed by atoms with van der Waals surface area (Å²) in [4.78, 5) is 13.2. The van der Waals surface area contributed by atoms with E-state index in [0.29, 0.717) is 11.1 Å². The van der Waals surface area contributed by atoms with Crippen molar-refractivity contribution in [3.63, 3.8) is 0 Å². The van der Waals surface area contributed by atoms with E-state index in [-0.39, 0.29) is 11.9 Å². The van der Waals surface area contributed by atoms with Gasteiger partial charge >= 0.3 is 0 Å². The number of amides is 1. The predicted molar refractivity (Wildman–Crippen MR) is 89.5 cm³/mol. The van der Waals surface area contributed by atoms with Crippen LogP contribution in [0.5, 0.6) is 0 Å². The number of hydrogen-bond donors (Lipinski definition) is 2. The number of fused-ring (bicyclic) bond motifs is 1. The molecule has 2 heterocycles. The molecular formula is C16H19ClN2OS. The summed E-state index contributed by atoms with van der Waals surface area (Å²) in [5, 5.41) is 8.23. The van der Waals surface area contributed by atoms with Gasteiger partial charge in [-0.15, -0.1) is 11.3 Å². The van der Waals surface area contributed by atoms with Crippen molar-refractivity contribution in [2.75, 3.05) is 6.54 Å². The van der Waals surface area contributed by atoms with Gasteiger partial charge in [0.2, 0.25) is 0 Å². The standard InChI is InChI=1S/C16H19ClN2OS/c1-9-5-6-12(17)11-8-14(21-15(9)11)16(20)19-13-4-3-7-18-10(13)2/h5-6,8,10,13,18H,3-4,7H2,1-2H3,(H,19,20). The maximum Gasteiger partial charge on any atom is 0.261 e. The first-order valence-electron chi connectivity index (χ1n) is 7.29. The summed E-state index contributed by atoms with van der Waals surface area (Å²) in [6.45, 7) is 5.20. The fourth-order valence-electron chi connectivity index (χ4n) is 2.82. The second-order valence-electron chi connectivity index (χ2n) is 5.68. The SMILES string of the molecule is Cc1ccc(Cl)c2cc(C(=O)NC3CCCNC3C)sc12. The Hall–Kier alpha value is -1.10. The number of nitrogens with one attached hydrogen (secondary N) is 2. The minimum absolute atomic E-state index is 0.00668. The normalized spacial score (nSPS) is 22.4. The van der Waals surface area contributed by atoms with Crippen LogP contribution in [0.1, 0.15) is 35.0 Å². The second kappa shape index (κ2) is 5.95. The number of benzene rings is 1. The van der Waals surface area contributed by atoms with Crippen molar-refractivity contribution in [1.82, 2.24) is 10.6 Å². The molecule has 112 valence electrons. The lowest BCUT2D eigenvalue weighted by Crippen LogP contribution is -2.51. The van der Waals surface area contributed by atoms with Crippen LogP contribution >= 0.6 is 22.9 Å². The quantitative estimate of drug-likeness (QED) is 0.884. The molecule has 3 nitrogen and oxygen atoms in total. The average Bonchev–Trinajstić information content (AvgIpc) is 2.92. The lowest BCUT2D eigenvalue weighted by molar-refractivity contribution is 0.0924. The van der Waals surface area contributed by atoms with Gasteiger partial charge in [0, 0.05) is 27.2 Å². The number of hydrogen-bond acceptors (Lipinski definition) is 3. The summed E-state index contributed by atoms with van der Waals surface area (Å²) in [5.74, 6) is 0.00668. The first kappa shape index (κ1) is 14.8. The molecule has 0 radical (unpaired) electrons. The van der Waals surface area contributed by atoms with Crippen molar-refractivity contribution in [2.24, 2.45) is 0 Å². The van der Waals surface area contributed by atoms with Gasteiger partial charge in [-0.1, -0.05) is 17.7 Å². The number of carbonyl (C=O) groups excluding carboxylic acids is 1. The van der Waals surface area contributed by atoms with Crippen LogP contribution in [-0.2, 0) is 0 Å². The molecule has 1 amide bonds. The van der Waals surface area contributed by atoms with Crippen molar-refractivity contribution in [1.29, 1.82) is 0 Å². The molecule has 1 aliphatic heterocycles. The van der Waals surface area contributed by atoms with Crippen LogP contribution in [0.2, 0.25) is 5.02 Å². The van der Waals surface area contributed by atoms with Crippen LogP contribution in [-0.4, -0.2) is 24.5 Å². The van der Waals surface area contributed by atoms with Gasteiger partial charge < -0.3 is 10.6 Å². The number of piperidine rings is 1. The van der Waals surface area contributed by atoms with Crippen molar-refractivity contribution in [2.45, 2.75) is 38.8 Å². The molecule has 5 heteroatoms. The number of aryl methyl sites for hydroxylation is 1. The maximum absolute atomic E-state index is 12.5. The zero-order valence-corrected chi connectivity index (χ0v) is 13.8. The molecule has 3 rings (SSSR count). The van der Waals surface area contributed by atoms with E-state index in [1.165, 1.54) is 11.3 Å². The Kier molecular flexibility index (Phi) is 4.20. The van der Waals surface area contributed by atoms with Crippen LogP contribution in [0.3, 0.4) is 0 Å². The Labute approximate surface area is 133 Å². The first-order valence-corrected chi connectivity index (χ1v) is 8.48. The van der Waals surface area contributed by atoms with E-state index in [2.05, 4.69) is 17.6 Å². The van der Waals surface area contributed by atoms with Gasteiger partial charge in [-0.05, 0) is 50.9 Å². The third-order valence-corrected chi connectivity index (χ3v) is 5.73. The first-order chi connectivity index (χ1) is 10.1. The molecule has 1 aromatic carbocycles. The van der Waals surface area contributed by atoms with E-state index in [9.17, 15) is 4.79 Å². The van der Waals surface area contributed by atoms with Crippen molar-refractivity contribution in [3.8, 4) is 0 Å². The smallest absolute Gasteiger partial charge is 0.261 e. The molecule has 0 aliphatic carbocycles. The Morgan fingerprint density at radius 2 is 2.29 bits per heavy atom. The third kappa shape index (κ3) is 2.93. The number of thiophene rings is 1. The molecule has 0 spiro atoms. The highest BCUT2D eigenvalue weighted by Crippen LogP contribution is 2.33. The van der Waals surface area contributed by atoms with Gasteiger partial charge in [-0.3, -0.25) is 4.79 Å². The molecule has 1 aliphatic rings. The largest absolute Gasteiger partial charge is 0.347 e. The fourth-order valence-corrected chi connectivity index (χ4v) is 4.14. The van der Waals surface area contributed by atoms with Crippen molar-refractivity contribution < 1.29 is 4.79 Å². The summed E-state index contributed by atoms with van der Waals surface area (Å²) in [7, 11) is 0. The Balaban J connectivity index is 1.84. The van der Waals surface area contributed by atoms with Crippen LogP contribution in [0.15, 0.2) is 18.2 Å². The molecule has 1 saturated heterocycles. The number of carbonyl (C=O) groups is 1. The van der Waals surface area contributed by atoms with E-state index in [0.717, 1.165) is 39.9 Å². The van der Waals surface area contributed by atoms with Crippen molar-refractivity contribution in [3.05, 3.63) is 33.7 Å². The van der Waals surface area contributed by atoms with E-state index < -0.39 is 0 Å². The molecule has 1 fully saturated rings. The summed E-state index contributed by atoms with van der Waals surface area (Å²) < 4.78 is 1.10. The summed E-state index contributed by atoms with van der Waals surface area (Å²) in [5.41, 5.74) is 1.16. The van der Waals surface area contributed by atoms with E-state index in [4.69, 9.17) is 11.6 Å². The van der Waals surface area contributed by atoms with Gasteiger partial charge in [0.15, 0.2) is 0 Å². The summed E-state index contributed by atoms with van der Waals surface area (Å²) in [6, 6.07) is 6.32. The Bertz CT molecular complexity index is 643. The zero-order chi connectivity index (χ0) is 15.0. The molecule has 2 atom stereocenters. The highest BCUT2D eigenvalue weighted by molar-refractivity contribution is 7.21. The maximum atomic E-state index is 12.5. The molecule has 21 heavy (non-hydrogen) atoms. The molecule has 0 bridgehead atoms. The van der Waals surface area contributed by atoms with Gasteiger partial charge in [-0.25, -0.2) is 0 Å². The third-order valence-electron chi connectivity index (χ3n) is 4.13. The minimum Gasteiger partial charge on any atom is -0.347 e. The molecule has 2 unspecified atom stereocenters. The van der Waals surface area contributed by atoms with E-state index in [1.54, 1.807) is 0 Å². The number of halogens is 1. The molecule has 2 aromatic rings. The lowest BCUT2D eigenvalue weighted by atomic mass is 10.00. The van der Waals surface area contributed by atoms with Gasteiger partial charge in [0.05, 0.1) is 4.88 Å².